The summed E-state index contributed by atoms with van der Waals surface area (Å²) in [4.78, 5) is 7.68. The van der Waals surface area contributed by atoms with Crippen LogP contribution in [0.1, 0.15) is 53.9 Å². The van der Waals surface area contributed by atoms with Gasteiger partial charge >= 0.3 is 0 Å². The normalized spacial score (nSPS) is 18.5. The van der Waals surface area contributed by atoms with E-state index < -0.39 is 8.40 Å². The number of hydrogen-bond donors (Lipinski definition) is 2. The van der Waals surface area contributed by atoms with Gasteiger partial charge in [0, 0.05) is 5.54 Å². The van der Waals surface area contributed by atoms with Crippen LogP contribution in [0.15, 0.2) is 0 Å². The van der Waals surface area contributed by atoms with Crippen LogP contribution in [-0.4, -0.2) is 20.5 Å². The fraction of sp³-hybridized carbons (Fsp3) is 1.00. The SMILES string of the molecule is CCC(C)(C)N[Si](C)(C)NCC(C)(C)C1CC1. The van der Waals surface area contributed by atoms with E-state index in [1.54, 1.807) is 0 Å². The van der Waals surface area contributed by atoms with Crippen LogP contribution in [0.4, 0.5) is 0 Å². The van der Waals surface area contributed by atoms with Crippen LogP contribution in [0.5, 0.6) is 0 Å². The highest BCUT2D eigenvalue weighted by Gasteiger charge is 2.39. The highest BCUT2D eigenvalue weighted by atomic mass is 28.3. The van der Waals surface area contributed by atoms with Gasteiger partial charge in [0.2, 0.25) is 0 Å². The van der Waals surface area contributed by atoms with Crippen molar-refractivity contribution in [1.29, 1.82) is 0 Å². The van der Waals surface area contributed by atoms with E-state index in [0.29, 0.717) is 5.41 Å². The molecule has 2 N–H and O–H groups in total. The van der Waals surface area contributed by atoms with Crippen molar-refractivity contribution in [2.24, 2.45) is 11.3 Å². The van der Waals surface area contributed by atoms with Gasteiger partial charge in [-0.05, 0) is 64.1 Å². The molecule has 0 aromatic rings. The second-order valence-corrected chi connectivity index (χ2v) is 11.5. The van der Waals surface area contributed by atoms with E-state index in [2.05, 4.69) is 57.7 Å². The molecule has 0 radical (unpaired) electrons. The van der Waals surface area contributed by atoms with Gasteiger partial charge in [-0.2, -0.15) is 0 Å². The molecule has 0 saturated heterocycles. The van der Waals surface area contributed by atoms with Crippen molar-refractivity contribution < 1.29 is 0 Å². The minimum Gasteiger partial charge on any atom is -0.325 e. The Hall–Kier alpha value is 0.137. The maximum atomic E-state index is 3.84. The van der Waals surface area contributed by atoms with Crippen LogP contribution in [0.2, 0.25) is 13.1 Å². The summed E-state index contributed by atoms with van der Waals surface area (Å²) in [5.41, 5.74) is 0.731. The van der Waals surface area contributed by atoms with Gasteiger partial charge in [-0.25, -0.2) is 0 Å². The summed E-state index contributed by atoms with van der Waals surface area (Å²) in [6, 6.07) is 0. The van der Waals surface area contributed by atoms with Crippen LogP contribution in [0.25, 0.3) is 0 Å². The summed E-state index contributed by atoms with van der Waals surface area (Å²) >= 11 is 0. The quantitative estimate of drug-likeness (QED) is 0.681. The molecule has 3 heteroatoms. The Morgan fingerprint density at radius 2 is 1.65 bits per heavy atom. The van der Waals surface area contributed by atoms with E-state index in [4.69, 9.17) is 0 Å². The van der Waals surface area contributed by atoms with Gasteiger partial charge in [0.15, 0.2) is 8.40 Å². The van der Waals surface area contributed by atoms with Gasteiger partial charge in [-0.3, -0.25) is 0 Å². The van der Waals surface area contributed by atoms with E-state index in [9.17, 15) is 0 Å². The van der Waals surface area contributed by atoms with Crippen LogP contribution in [0, 0.1) is 11.3 Å². The van der Waals surface area contributed by atoms with Crippen LogP contribution >= 0.6 is 0 Å². The Kier molecular flexibility index (Phi) is 4.49. The minimum absolute atomic E-state index is 0.256. The largest absolute Gasteiger partial charge is 0.325 e. The van der Waals surface area contributed by atoms with Crippen molar-refractivity contribution in [2.45, 2.75) is 72.5 Å². The molecule has 0 atom stereocenters. The first-order valence-electron chi connectivity index (χ1n) is 7.12. The molecule has 0 heterocycles. The standard InChI is InChI=1S/C14H32N2Si/c1-8-14(4,5)16-17(6,7)15-11-13(2,3)12-9-10-12/h12,15-16H,8-11H2,1-7H3. The first kappa shape index (κ1) is 15.2. The molecule has 0 spiro atoms. The van der Waals surface area contributed by atoms with E-state index in [-0.39, 0.29) is 5.54 Å². The first-order valence-corrected chi connectivity index (χ1v) is 10.1. The van der Waals surface area contributed by atoms with Gasteiger partial charge in [0.1, 0.15) is 0 Å². The van der Waals surface area contributed by atoms with E-state index in [0.717, 1.165) is 12.5 Å². The van der Waals surface area contributed by atoms with Crippen molar-refractivity contribution in [3.8, 4) is 0 Å². The lowest BCUT2D eigenvalue weighted by Gasteiger charge is -2.38. The second-order valence-electron chi connectivity index (χ2n) is 7.60. The van der Waals surface area contributed by atoms with Crippen molar-refractivity contribution in [1.82, 2.24) is 9.96 Å². The fourth-order valence-corrected chi connectivity index (χ4v) is 5.29. The van der Waals surface area contributed by atoms with Crippen molar-refractivity contribution in [3.05, 3.63) is 0 Å². The average molecular weight is 257 g/mol. The summed E-state index contributed by atoms with van der Waals surface area (Å²) in [5, 5.41) is 0. The molecule has 0 aromatic carbocycles. The van der Waals surface area contributed by atoms with Gasteiger partial charge in [0.05, 0.1) is 0 Å². The maximum absolute atomic E-state index is 3.84. The van der Waals surface area contributed by atoms with Crippen LogP contribution < -0.4 is 9.96 Å². The predicted octanol–water partition coefficient (Wildman–Crippen LogP) is 3.49. The second kappa shape index (κ2) is 5.02. The van der Waals surface area contributed by atoms with Crippen molar-refractivity contribution in [2.75, 3.05) is 6.54 Å². The van der Waals surface area contributed by atoms with Gasteiger partial charge in [0.25, 0.3) is 0 Å². The molecule has 1 aliphatic carbocycles. The highest BCUT2D eigenvalue weighted by Crippen LogP contribution is 2.44. The third-order valence-electron chi connectivity index (χ3n) is 4.20. The molecule has 17 heavy (non-hydrogen) atoms. The van der Waals surface area contributed by atoms with Gasteiger partial charge in [-0.15, -0.1) is 0 Å². The molecule has 1 saturated carbocycles. The molecule has 102 valence electrons. The molecule has 0 unspecified atom stereocenters. The third-order valence-corrected chi connectivity index (χ3v) is 6.57. The van der Waals surface area contributed by atoms with Crippen molar-refractivity contribution in [3.63, 3.8) is 0 Å². The summed E-state index contributed by atoms with van der Waals surface area (Å²) in [7, 11) is -1.49. The molecule has 0 aromatic heterocycles. The molecule has 1 fully saturated rings. The number of rotatable bonds is 7. The van der Waals surface area contributed by atoms with E-state index in [1.807, 2.05) is 0 Å². The first-order chi connectivity index (χ1) is 7.58. The summed E-state index contributed by atoms with van der Waals surface area (Å²) in [6.45, 7) is 17.6. The fourth-order valence-electron chi connectivity index (χ4n) is 2.44. The molecule has 1 rings (SSSR count). The number of nitrogens with one attached hydrogen (secondary N) is 2. The Morgan fingerprint density at radius 3 is 2.06 bits per heavy atom. The summed E-state index contributed by atoms with van der Waals surface area (Å²) in [6.07, 6.45) is 4.05. The Labute approximate surface area is 109 Å². The lowest BCUT2D eigenvalue weighted by atomic mass is 9.88. The van der Waals surface area contributed by atoms with Gasteiger partial charge in [-0.1, -0.05) is 20.8 Å². The lowest BCUT2D eigenvalue weighted by Crippen LogP contribution is -2.65. The van der Waals surface area contributed by atoms with E-state index in [1.165, 1.54) is 19.3 Å². The van der Waals surface area contributed by atoms with Gasteiger partial charge < -0.3 is 9.96 Å². The topological polar surface area (TPSA) is 24.1 Å². The zero-order chi connectivity index (χ0) is 13.3. The Morgan fingerprint density at radius 1 is 1.12 bits per heavy atom. The monoisotopic (exact) mass is 256 g/mol. The minimum atomic E-state index is -1.49. The van der Waals surface area contributed by atoms with E-state index >= 15 is 0 Å². The Balaban J connectivity index is 2.43. The number of hydrogen-bond acceptors (Lipinski definition) is 2. The summed E-state index contributed by atoms with van der Waals surface area (Å²) in [5.74, 6) is 0.957. The molecule has 0 bridgehead atoms. The molecule has 0 amide bonds. The Bertz CT molecular complexity index is 255. The van der Waals surface area contributed by atoms with Crippen LogP contribution in [0.3, 0.4) is 0 Å². The molecule has 1 aliphatic rings. The van der Waals surface area contributed by atoms with Crippen LogP contribution in [-0.2, 0) is 0 Å². The lowest BCUT2D eigenvalue weighted by molar-refractivity contribution is 0.306. The maximum Gasteiger partial charge on any atom is 0.195 e. The zero-order valence-electron chi connectivity index (χ0n) is 12.9. The van der Waals surface area contributed by atoms with Crippen molar-refractivity contribution >= 4 is 8.40 Å². The molecule has 2 nitrogen and oxygen atoms in total. The molecular weight excluding hydrogens is 224 g/mol. The average Bonchev–Trinajstić information content (AvgIpc) is 2.97. The molecule has 0 aliphatic heterocycles. The molecular formula is C14H32N2Si. The highest BCUT2D eigenvalue weighted by molar-refractivity contribution is 6.72. The summed E-state index contributed by atoms with van der Waals surface area (Å²) < 4.78 is 0. The third kappa shape index (κ3) is 5.10. The predicted molar refractivity (Wildman–Crippen MR) is 79.5 cm³/mol. The smallest absolute Gasteiger partial charge is 0.195 e. The zero-order valence-corrected chi connectivity index (χ0v) is 13.9.